The molecule has 0 heterocycles. The molecule has 20 heavy (non-hydrogen) atoms. The zero-order chi connectivity index (χ0) is 15.5. The van der Waals surface area contributed by atoms with Crippen LogP contribution in [-0.2, 0) is 0 Å². The average molecular weight is 270 g/mol. The molecule has 0 amide bonds. The third-order valence-electron chi connectivity index (χ3n) is 3.24. The van der Waals surface area contributed by atoms with E-state index in [-0.39, 0.29) is 0 Å². The van der Waals surface area contributed by atoms with Crippen molar-refractivity contribution in [3.05, 3.63) is 70.8 Å². The highest BCUT2D eigenvalue weighted by molar-refractivity contribution is 5.27. The first-order chi connectivity index (χ1) is 9.52. The number of rotatable bonds is 1. The fourth-order valence-corrected chi connectivity index (χ4v) is 1.90. The first kappa shape index (κ1) is 18.4. The zero-order valence-electron chi connectivity index (χ0n) is 14.2. The Balaban J connectivity index is 0.000000327. The van der Waals surface area contributed by atoms with E-state index in [9.17, 15) is 0 Å². The van der Waals surface area contributed by atoms with Gasteiger partial charge in [0.05, 0.1) is 0 Å². The van der Waals surface area contributed by atoms with E-state index in [1.165, 1.54) is 22.3 Å². The van der Waals surface area contributed by atoms with E-state index < -0.39 is 0 Å². The van der Waals surface area contributed by atoms with Gasteiger partial charge >= 0.3 is 0 Å². The van der Waals surface area contributed by atoms with Gasteiger partial charge in [-0.05, 0) is 48.9 Å². The van der Waals surface area contributed by atoms with Gasteiger partial charge in [-0.15, -0.1) is 0 Å². The first-order valence-electron chi connectivity index (χ1n) is 7.60. The van der Waals surface area contributed by atoms with Crippen LogP contribution in [0.5, 0.6) is 0 Å². The van der Waals surface area contributed by atoms with E-state index in [2.05, 4.69) is 83.1 Å². The molecule has 0 bridgehead atoms. The van der Waals surface area contributed by atoms with Crippen LogP contribution in [0.15, 0.2) is 48.5 Å². The Morgan fingerprint density at radius 2 is 0.950 bits per heavy atom. The van der Waals surface area contributed by atoms with Crippen molar-refractivity contribution in [3.63, 3.8) is 0 Å². The standard InChI is InChI=1S/C10H14.C8H10.C2H6/c1-8(2)10-7-5-4-6-9(10)3;1-7-5-3-4-6-8(7)2;1-2/h4-8H,1-3H3;3-6H,1-2H3;1-2H3. The summed E-state index contributed by atoms with van der Waals surface area (Å²) in [5.41, 5.74) is 5.60. The number of benzene rings is 2. The van der Waals surface area contributed by atoms with Crippen LogP contribution in [-0.4, -0.2) is 0 Å². The summed E-state index contributed by atoms with van der Waals surface area (Å²) in [6.45, 7) is 14.9. The van der Waals surface area contributed by atoms with Crippen molar-refractivity contribution < 1.29 is 0 Å². The predicted octanol–water partition coefficient (Wildman–Crippen LogP) is 6.45. The highest BCUT2D eigenvalue weighted by Crippen LogP contribution is 2.17. The summed E-state index contributed by atoms with van der Waals surface area (Å²) in [6.07, 6.45) is 0. The first-order valence-corrected chi connectivity index (χ1v) is 7.60. The van der Waals surface area contributed by atoms with E-state index in [1.54, 1.807) is 0 Å². The summed E-state index contributed by atoms with van der Waals surface area (Å²) >= 11 is 0. The average Bonchev–Trinajstić information content (AvgIpc) is 2.45. The second-order valence-electron chi connectivity index (χ2n) is 5.10. The molecule has 0 aromatic heterocycles. The van der Waals surface area contributed by atoms with E-state index >= 15 is 0 Å². The largest absolute Gasteiger partial charge is 0.0683 e. The van der Waals surface area contributed by atoms with Gasteiger partial charge < -0.3 is 0 Å². The second kappa shape index (κ2) is 10.3. The molecule has 0 aliphatic rings. The van der Waals surface area contributed by atoms with Gasteiger partial charge in [0.25, 0.3) is 0 Å². The zero-order valence-corrected chi connectivity index (χ0v) is 14.2. The molecule has 2 aromatic carbocycles. The minimum atomic E-state index is 0.654. The molecular weight excluding hydrogens is 240 g/mol. The van der Waals surface area contributed by atoms with Crippen LogP contribution in [0.1, 0.15) is 55.9 Å². The molecule has 0 atom stereocenters. The molecule has 0 nitrogen and oxygen atoms in total. The van der Waals surface area contributed by atoms with Gasteiger partial charge in [-0.3, -0.25) is 0 Å². The molecule has 0 radical (unpaired) electrons. The molecule has 0 aliphatic carbocycles. The molecule has 0 saturated carbocycles. The maximum absolute atomic E-state index is 2.22. The molecule has 0 saturated heterocycles. The van der Waals surface area contributed by atoms with Gasteiger partial charge in [0, 0.05) is 0 Å². The van der Waals surface area contributed by atoms with Crippen LogP contribution in [0.4, 0.5) is 0 Å². The molecule has 0 N–H and O–H groups in total. The quantitative estimate of drug-likeness (QED) is 0.558. The fourth-order valence-electron chi connectivity index (χ4n) is 1.90. The van der Waals surface area contributed by atoms with Crippen LogP contribution in [0.3, 0.4) is 0 Å². The smallest absolute Gasteiger partial charge is 0.0216 e. The van der Waals surface area contributed by atoms with Crippen LogP contribution >= 0.6 is 0 Å². The SMILES string of the molecule is CC.Cc1ccccc1C.Cc1ccccc1C(C)C. The minimum absolute atomic E-state index is 0.654. The van der Waals surface area contributed by atoms with Crippen LogP contribution < -0.4 is 0 Å². The van der Waals surface area contributed by atoms with Crippen LogP contribution in [0.25, 0.3) is 0 Å². The minimum Gasteiger partial charge on any atom is -0.0683 e. The van der Waals surface area contributed by atoms with Gasteiger partial charge in [-0.25, -0.2) is 0 Å². The van der Waals surface area contributed by atoms with Crippen molar-refractivity contribution >= 4 is 0 Å². The summed E-state index contributed by atoms with van der Waals surface area (Å²) in [6, 6.07) is 16.9. The Morgan fingerprint density at radius 1 is 0.600 bits per heavy atom. The van der Waals surface area contributed by atoms with Crippen LogP contribution in [0.2, 0.25) is 0 Å². The summed E-state index contributed by atoms with van der Waals surface area (Å²) in [5.74, 6) is 0.654. The summed E-state index contributed by atoms with van der Waals surface area (Å²) in [5, 5.41) is 0. The van der Waals surface area contributed by atoms with Gasteiger partial charge in [-0.1, -0.05) is 76.2 Å². The van der Waals surface area contributed by atoms with Crippen molar-refractivity contribution in [2.45, 2.75) is 54.4 Å². The predicted molar refractivity (Wildman–Crippen MR) is 92.5 cm³/mol. The lowest BCUT2D eigenvalue weighted by Gasteiger charge is -2.07. The number of hydrogen-bond acceptors (Lipinski definition) is 0. The molecule has 2 aromatic rings. The van der Waals surface area contributed by atoms with Gasteiger partial charge in [-0.2, -0.15) is 0 Å². The maximum atomic E-state index is 2.22. The van der Waals surface area contributed by atoms with Gasteiger partial charge in [0.2, 0.25) is 0 Å². The topological polar surface area (TPSA) is 0 Å². The lowest BCUT2D eigenvalue weighted by molar-refractivity contribution is 0.856. The van der Waals surface area contributed by atoms with Crippen molar-refractivity contribution in [1.29, 1.82) is 0 Å². The second-order valence-corrected chi connectivity index (χ2v) is 5.10. The highest BCUT2D eigenvalue weighted by Gasteiger charge is 1.99. The molecule has 0 aliphatic heterocycles. The third kappa shape index (κ3) is 6.56. The molecule has 110 valence electrons. The molecule has 0 spiro atoms. The van der Waals surface area contributed by atoms with E-state index in [4.69, 9.17) is 0 Å². The monoisotopic (exact) mass is 270 g/mol. The Labute approximate surface area is 125 Å². The summed E-state index contributed by atoms with van der Waals surface area (Å²) in [4.78, 5) is 0. The molecule has 0 heteroatoms. The lowest BCUT2D eigenvalue weighted by atomic mass is 9.99. The summed E-state index contributed by atoms with van der Waals surface area (Å²) in [7, 11) is 0. The fraction of sp³-hybridized carbons (Fsp3) is 0.400. The van der Waals surface area contributed by atoms with Crippen molar-refractivity contribution in [3.8, 4) is 0 Å². The third-order valence-corrected chi connectivity index (χ3v) is 3.24. The van der Waals surface area contributed by atoms with Gasteiger partial charge in [0.15, 0.2) is 0 Å². The number of hydrogen-bond donors (Lipinski definition) is 0. The van der Waals surface area contributed by atoms with Crippen molar-refractivity contribution in [2.24, 2.45) is 0 Å². The molecular formula is C20H30. The normalized spacial score (nSPS) is 9.20. The Bertz CT molecular complexity index is 460. The van der Waals surface area contributed by atoms with E-state index in [0.29, 0.717) is 5.92 Å². The summed E-state index contributed by atoms with van der Waals surface area (Å²) < 4.78 is 0. The lowest BCUT2D eigenvalue weighted by Crippen LogP contribution is -1.89. The molecule has 0 unspecified atom stereocenters. The Hall–Kier alpha value is -1.56. The maximum Gasteiger partial charge on any atom is -0.0216 e. The highest BCUT2D eigenvalue weighted by atomic mass is 14.0. The van der Waals surface area contributed by atoms with Crippen molar-refractivity contribution in [1.82, 2.24) is 0 Å². The molecule has 2 rings (SSSR count). The Morgan fingerprint density at radius 3 is 1.20 bits per heavy atom. The van der Waals surface area contributed by atoms with Crippen LogP contribution in [0, 0.1) is 20.8 Å². The number of aryl methyl sites for hydroxylation is 3. The molecule has 0 fully saturated rings. The van der Waals surface area contributed by atoms with E-state index in [0.717, 1.165) is 0 Å². The van der Waals surface area contributed by atoms with Crippen molar-refractivity contribution in [2.75, 3.05) is 0 Å². The van der Waals surface area contributed by atoms with Gasteiger partial charge in [0.1, 0.15) is 0 Å². The van der Waals surface area contributed by atoms with E-state index in [1.807, 2.05) is 13.8 Å². The Kier molecular flexibility index (Phi) is 9.45.